The number of nitrogens with zero attached hydrogens (tertiary/aromatic N) is 1. The maximum Gasteiger partial charge on any atom is 0.0599 e. The largest absolute Gasteiger partial charge is 0.305 e. The van der Waals surface area contributed by atoms with Crippen molar-refractivity contribution in [3.8, 4) is 0 Å². The molecule has 0 heterocycles. The number of hydrogen-bond donors (Lipinski definition) is 1. The summed E-state index contributed by atoms with van der Waals surface area (Å²) < 4.78 is 0. The van der Waals surface area contributed by atoms with E-state index in [1.54, 1.807) is 0 Å². The van der Waals surface area contributed by atoms with Crippen LogP contribution in [0, 0.1) is 0 Å². The molecule has 1 unspecified atom stereocenters. The molecule has 1 atom stereocenters. The Morgan fingerprint density at radius 2 is 1.20 bits per heavy atom. The van der Waals surface area contributed by atoms with Gasteiger partial charge < -0.3 is 5.32 Å². The second-order valence-electron chi connectivity index (χ2n) is 8.75. The first-order valence-corrected chi connectivity index (χ1v) is 11.8. The van der Waals surface area contributed by atoms with Gasteiger partial charge in [0.2, 0.25) is 0 Å². The summed E-state index contributed by atoms with van der Waals surface area (Å²) in [6.07, 6.45) is 26.5. The second kappa shape index (κ2) is 13.1. The molecule has 0 aliphatic heterocycles. The van der Waals surface area contributed by atoms with E-state index in [2.05, 4.69) is 24.2 Å². The second-order valence-corrected chi connectivity index (χ2v) is 8.75. The van der Waals surface area contributed by atoms with Gasteiger partial charge in [-0.2, -0.15) is 0 Å². The lowest BCUT2D eigenvalue weighted by Crippen LogP contribution is -2.55. The fraction of sp³-hybridized carbons (Fsp3) is 1.00. The van der Waals surface area contributed by atoms with Gasteiger partial charge in [-0.1, -0.05) is 90.4 Å². The summed E-state index contributed by atoms with van der Waals surface area (Å²) in [5, 5.41) is 3.73. The predicted octanol–water partition coefficient (Wildman–Crippen LogP) is 6.64. The van der Waals surface area contributed by atoms with Gasteiger partial charge in [-0.15, -0.1) is 0 Å². The summed E-state index contributed by atoms with van der Waals surface area (Å²) in [4.78, 5) is 2.98. The van der Waals surface area contributed by atoms with Crippen molar-refractivity contribution in [3.63, 3.8) is 0 Å². The summed E-state index contributed by atoms with van der Waals surface area (Å²) in [6, 6.07) is 1.72. The van der Waals surface area contributed by atoms with Crippen LogP contribution in [0.2, 0.25) is 0 Å². The van der Waals surface area contributed by atoms with Crippen LogP contribution in [-0.4, -0.2) is 30.2 Å². The first-order chi connectivity index (χ1) is 12.4. The van der Waals surface area contributed by atoms with Crippen LogP contribution in [0.3, 0.4) is 0 Å². The minimum absolute atomic E-state index is 0.627. The third-order valence-corrected chi connectivity index (χ3v) is 6.77. The molecule has 0 amide bonds. The summed E-state index contributed by atoms with van der Waals surface area (Å²) in [5.41, 5.74) is 0. The third kappa shape index (κ3) is 7.59. The van der Waals surface area contributed by atoms with Crippen molar-refractivity contribution in [1.82, 2.24) is 10.2 Å². The molecule has 2 fully saturated rings. The van der Waals surface area contributed by atoms with Crippen LogP contribution in [0.15, 0.2) is 0 Å². The van der Waals surface area contributed by atoms with Crippen molar-refractivity contribution < 1.29 is 0 Å². The van der Waals surface area contributed by atoms with Crippen LogP contribution in [0.1, 0.15) is 122 Å². The maximum absolute atomic E-state index is 3.73. The summed E-state index contributed by atoms with van der Waals surface area (Å²) >= 11 is 0. The van der Waals surface area contributed by atoms with E-state index in [-0.39, 0.29) is 0 Å². The lowest BCUT2D eigenvalue weighted by atomic mass is 9.87. The summed E-state index contributed by atoms with van der Waals surface area (Å²) in [7, 11) is 2.21. The van der Waals surface area contributed by atoms with Gasteiger partial charge in [0.1, 0.15) is 0 Å². The Morgan fingerprint density at radius 3 is 1.68 bits per heavy atom. The zero-order valence-corrected chi connectivity index (χ0v) is 17.4. The van der Waals surface area contributed by atoms with Crippen molar-refractivity contribution in [1.29, 1.82) is 0 Å². The molecular formula is C23H46N2. The van der Waals surface area contributed by atoms with Gasteiger partial charge >= 0.3 is 0 Å². The summed E-state index contributed by atoms with van der Waals surface area (Å²) in [5.74, 6) is 0. The molecule has 2 nitrogen and oxygen atoms in total. The Balaban J connectivity index is 1.81. The topological polar surface area (TPSA) is 15.3 Å². The Morgan fingerprint density at radius 1 is 0.720 bits per heavy atom. The van der Waals surface area contributed by atoms with E-state index in [1.165, 1.54) is 116 Å². The Hall–Kier alpha value is -0.0800. The first-order valence-electron chi connectivity index (χ1n) is 11.8. The van der Waals surface area contributed by atoms with Crippen molar-refractivity contribution >= 4 is 0 Å². The Kier molecular flexibility index (Phi) is 11.2. The van der Waals surface area contributed by atoms with Crippen LogP contribution >= 0.6 is 0 Å². The number of rotatable bonds is 12. The number of unbranched alkanes of at least 4 members (excludes halogenated alkanes) is 6. The molecule has 2 heteroatoms. The monoisotopic (exact) mass is 350 g/mol. The Bertz CT molecular complexity index is 287. The van der Waals surface area contributed by atoms with Crippen LogP contribution in [-0.2, 0) is 0 Å². The molecule has 0 bridgehead atoms. The molecule has 0 aromatic carbocycles. The van der Waals surface area contributed by atoms with Crippen LogP contribution in [0.25, 0.3) is 0 Å². The average Bonchev–Trinajstić information content (AvgIpc) is 2.68. The lowest BCUT2D eigenvalue weighted by Gasteiger charge is -2.46. The highest BCUT2D eigenvalue weighted by Crippen LogP contribution is 2.32. The van der Waals surface area contributed by atoms with Crippen molar-refractivity contribution in [3.05, 3.63) is 0 Å². The average molecular weight is 351 g/mol. The molecule has 148 valence electrons. The third-order valence-electron chi connectivity index (χ3n) is 6.77. The molecular weight excluding hydrogens is 304 g/mol. The molecule has 0 saturated heterocycles. The number of nitrogens with one attached hydrogen (secondary N) is 1. The zero-order valence-electron chi connectivity index (χ0n) is 17.4. The van der Waals surface area contributed by atoms with E-state index in [9.17, 15) is 0 Å². The molecule has 0 aromatic heterocycles. The lowest BCUT2D eigenvalue weighted by molar-refractivity contribution is 0.0214. The van der Waals surface area contributed by atoms with Gasteiger partial charge in [0.15, 0.2) is 0 Å². The highest BCUT2D eigenvalue weighted by Gasteiger charge is 2.33. The van der Waals surface area contributed by atoms with Crippen LogP contribution in [0.4, 0.5) is 0 Å². The molecule has 0 aromatic rings. The first kappa shape index (κ1) is 21.2. The zero-order chi connectivity index (χ0) is 17.7. The fourth-order valence-corrected chi connectivity index (χ4v) is 5.30. The normalized spacial score (nSPS) is 21.7. The van der Waals surface area contributed by atoms with Crippen molar-refractivity contribution in [2.45, 2.75) is 141 Å². The van der Waals surface area contributed by atoms with E-state index in [0.717, 1.165) is 12.1 Å². The van der Waals surface area contributed by atoms with Gasteiger partial charge in [0, 0.05) is 12.1 Å². The van der Waals surface area contributed by atoms with E-state index in [4.69, 9.17) is 0 Å². The molecule has 1 N–H and O–H groups in total. The van der Waals surface area contributed by atoms with Crippen LogP contribution in [0.5, 0.6) is 0 Å². The molecule has 0 radical (unpaired) electrons. The minimum atomic E-state index is 0.627. The van der Waals surface area contributed by atoms with E-state index in [1.807, 2.05) is 0 Å². The van der Waals surface area contributed by atoms with E-state index < -0.39 is 0 Å². The molecule has 25 heavy (non-hydrogen) atoms. The van der Waals surface area contributed by atoms with Crippen molar-refractivity contribution in [2.75, 3.05) is 7.05 Å². The van der Waals surface area contributed by atoms with Gasteiger partial charge in [-0.25, -0.2) is 0 Å². The highest BCUT2D eigenvalue weighted by molar-refractivity contribution is 4.87. The molecule has 2 rings (SSSR count). The SMILES string of the molecule is CCCCCCCCCC(NC)N(C1CCCCC1)C1CCCCC1. The standard InChI is InChI=1S/C23H46N2/c1-3-4-5-6-7-8-15-20-23(24-2)25(21-16-11-9-12-17-21)22-18-13-10-14-19-22/h21-24H,3-20H2,1-2H3. The van der Waals surface area contributed by atoms with Gasteiger partial charge in [0.25, 0.3) is 0 Å². The smallest absolute Gasteiger partial charge is 0.0599 e. The molecule has 2 aliphatic rings. The Labute approximate surface area is 158 Å². The summed E-state index contributed by atoms with van der Waals surface area (Å²) in [6.45, 7) is 2.31. The van der Waals surface area contributed by atoms with E-state index >= 15 is 0 Å². The minimum Gasteiger partial charge on any atom is -0.305 e. The van der Waals surface area contributed by atoms with Gasteiger partial charge in [-0.3, -0.25) is 4.90 Å². The highest BCUT2D eigenvalue weighted by atomic mass is 15.3. The van der Waals surface area contributed by atoms with E-state index in [0.29, 0.717) is 6.17 Å². The predicted molar refractivity (Wildman–Crippen MR) is 111 cm³/mol. The maximum atomic E-state index is 3.73. The fourth-order valence-electron chi connectivity index (χ4n) is 5.30. The molecule has 2 aliphatic carbocycles. The van der Waals surface area contributed by atoms with Crippen molar-refractivity contribution in [2.24, 2.45) is 0 Å². The van der Waals surface area contributed by atoms with Gasteiger partial charge in [-0.05, 0) is 39.2 Å². The molecule has 0 spiro atoms. The van der Waals surface area contributed by atoms with Gasteiger partial charge in [0.05, 0.1) is 6.17 Å². The van der Waals surface area contributed by atoms with Crippen LogP contribution < -0.4 is 5.32 Å². The number of hydrogen-bond acceptors (Lipinski definition) is 2. The quantitative estimate of drug-likeness (QED) is 0.313. The molecule has 2 saturated carbocycles.